The Bertz CT molecular complexity index is 1510. The van der Waals surface area contributed by atoms with E-state index in [1.807, 2.05) is 0 Å². The number of benzene rings is 1. The van der Waals surface area contributed by atoms with Crippen molar-refractivity contribution in [2.45, 2.75) is 17.2 Å². The van der Waals surface area contributed by atoms with Crippen molar-refractivity contribution in [1.82, 2.24) is 4.57 Å². The van der Waals surface area contributed by atoms with Gasteiger partial charge in [-0.15, -0.1) is 22.7 Å². The number of fused-ring (bicyclic) bond motifs is 1. The van der Waals surface area contributed by atoms with E-state index >= 15 is 0 Å². The molecule has 5 rings (SSSR count). The summed E-state index contributed by atoms with van der Waals surface area (Å²) >= 11 is 2.64. The number of thiophene rings is 2. The quantitative estimate of drug-likeness (QED) is 0.124. The Morgan fingerprint density at radius 3 is 2.61 bits per heavy atom. The average Bonchev–Trinajstić information content (AvgIpc) is 3.66. The van der Waals surface area contributed by atoms with Crippen molar-refractivity contribution >= 4 is 50.6 Å². The molecule has 0 spiro atoms. The summed E-state index contributed by atoms with van der Waals surface area (Å²) in [4.78, 5) is 17.0. The number of hydrogen-bond donors (Lipinski definition) is 2. The standard InChI is InChI=1S/C20H16N2O10S4/c23-14-10-28-20(25)21(14)6-5-12-9-13(18-19(17(12)24)30-11-29-18)22(35-32-31-15-3-1-7-33-15)36(26,27)16-4-2-8-34-16/h1-4,7-10,23-24H,5-6,11H2. The molecule has 0 aliphatic carbocycles. The van der Waals surface area contributed by atoms with E-state index in [2.05, 4.69) is 4.42 Å². The number of sulfonamides is 1. The van der Waals surface area contributed by atoms with Gasteiger partial charge in [0.25, 0.3) is 10.0 Å². The summed E-state index contributed by atoms with van der Waals surface area (Å²) in [6.07, 6.45) is 0.900. The van der Waals surface area contributed by atoms with E-state index in [4.69, 9.17) is 18.7 Å². The van der Waals surface area contributed by atoms with Gasteiger partial charge in [-0.05, 0) is 41.4 Å². The summed E-state index contributed by atoms with van der Waals surface area (Å²) in [6, 6.07) is 7.77. The van der Waals surface area contributed by atoms with Crippen molar-refractivity contribution in [2.75, 3.05) is 10.5 Å². The molecule has 4 aromatic rings. The Kier molecular flexibility index (Phi) is 6.76. The Hall–Kier alpha value is -3.31. The number of oxazole rings is 1. The highest BCUT2D eigenvalue weighted by atomic mass is 32.3. The third-order valence-electron chi connectivity index (χ3n) is 4.92. The SMILES string of the molecule is O=c1occ(O)n1CCc1cc(N(SOOc2cccs2)S(=O)(=O)c2cccs2)c2c(c1O)OCO2. The molecule has 0 saturated carbocycles. The van der Waals surface area contributed by atoms with Crippen LogP contribution in [0.2, 0.25) is 0 Å². The van der Waals surface area contributed by atoms with Gasteiger partial charge in [-0.25, -0.2) is 9.36 Å². The van der Waals surface area contributed by atoms with Gasteiger partial charge in [0.2, 0.25) is 23.5 Å². The Morgan fingerprint density at radius 2 is 1.92 bits per heavy atom. The van der Waals surface area contributed by atoms with Crippen molar-refractivity contribution < 1.29 is 41.7 Å². The zero-order valence-electron chi connectivity index (χ0n) is 17.9. The van der Waals surface area contributed by atoms with Crippen molar-refractivity contribution in [3.05, 3.63) is 63.5 Å². The van der Waals surface area contributed by atoms with E-state index in [1.165, 1.54) is 23.5 Å². The van der Waals surface area contributed by atoms with Crippen LogP contribution in [0.1, 0.15) is 5.56 Å². The number of phenolic OH excluding ortho intramolecular Hbond substituents is 1. The Morgan fingerprint density at radius 1 is 1.14 bits per heavy atom. The molecule has 2 N–H and O–H groups in total. The molecule has 1 aliphatic heterocycles. The van der Waals surface area contributed by atoms with Crippen LogP contribution in [0.3, 0.4) is 0 Å². The maximum Gasteiger partial charge on any atom is 0.421 e. The number of ether oxygens (including phenoxy) is 2. The zero-order chi connectivity index (χ0) is 25.3. The van der Waals surface area contributed by atoms with Crippen LogP contribution in [0.4, 0.5) is 5.69 Å². The summed E-state index contributed by atoms with van der Waals surface area (Å²) in [6.45, 7) is -0.331. The van der Waals surface area contributed by atoms with Gasteiger partial charge in [-0.3, -0.25) is 0 Å². The van der Waals surface area contributed by atoms with E-state index in [0.717, 1.165) is 25.9 Å². The molecular weight excluding hydrogens is 556 g/mol. The molecule has 0 radical (unpaired) electrons. The van der Waals surface area contributed by atoms with Gasteiger partial charge in [-0.1, -0.05) is 10.4 Å². The Labute approximate surface area is 215 Å². The zero-order valence-corrected chi connectivity index (χ0v) is 21.2. The van der Waals surface area contributed by atoms with Gasteiger partial charge >= 0.3 is 5.76 Å². The third-order valence-corrected chi connectivity index (χ3v) is 9.74. The summed E-state index contributed by atoms with van der Waals surface area (Å²) in [5.74, 6) is -1.57. The molecule has 16 heteroatoms. The topological polar surface area (TPSA) is 150 Å². The molecule has 0 amide bonds. The number of aromatic hydroxyl groups is 2. The van der Waals surface area contributed by atoms with Crippen LogP contribution in [-0.4, -0.2) is 30.0 Å². The van der Waals surface area contributed by atoms with Gasteiger partial charge in [0.05, 0.1) is 0 Å². The summed E-state index contributed by atoms with van der Waals surface area (Å²) in [5.41, 5.74) is 0.208. The minimum absolute atomic E-state index is 0.00653. The number of phenols is 1. The van der Waals surface area contributed by atoms with Gasteiger partial charge < -0.3 is 29.0 Å². The second kappa shape index (κ2) is 9.98. The fourth-order valence-corrected chi connectivity index (χ4v) is 7.12. The molecule has 4 heterocycles. The molecule has 0 fully saturated rings. The van der Waals surface area contributed by atoms with Crippen LogP contribution in [0.15, 0.2) is 60.8 Å². The van der Waals surface area contributed by atoms with Crippen molar-refractivity contribution in [1.29, 1.82) is 0 Å². The lowest BCUT2D eigenvalue weighted by molar-refractivity contribution is -0.0733. The number of aryl methyl sites for hydroxylation is 1. The maximum absolute atomic E-state index is 13.5. The predicted molar refractivity (Wildman–Crippen MR) is 130 cm³/mol. The van der Waals surface area contributed by atoms with Crippen LogP contribution in [-0.2, 0) is 27.3 Å². The first-order valence-corrected chi connectivity index (χ1v) is 13.9. The smallest absolute Gasteiger partial charge is 0.421 e. The molecule has 0 atom stereocenters. The monoisotopic (exact) mass is 572 g/mol. The van der Waals surface area contributed by atoms with E-state index in [1.54, 1.807) is 29.0 Å². The minimum Gasteiger partial charge on any atom is -0.504 e. The number of aromatic nitrogens is 1. The largest absolute Gasteiger partial charge is 0.504 e. The number of nitrogens with zero attached hydrogens (tertiary/aromatic N) is 2. The summed E-state index contributed by atoms with van der Waals surface area (Å²) < 4.78 is 49.7. The lowest BCUT2D eigenvalue weighted by Crippen LogP contribution is -2.25. The highest BCUT2D eigenvalue weighted by molar-refractivity contribution is 8.12. The van der Waals surface area contributed by atoms with Crippen molar-refractivity contribution in [3.63, 3.8) is 0 Å². The van der Waals surface area contributed by atoms with Crippen molar-refractivity contribution in [2.24, 2.45) is 0 Å². The fraction of sp³-hybridized carbons (Fsp3) is 0.150. The van der Waals surface area contributed by atoms with Gasteiger partial charge in [0.1, 0.15) is 9.90 Å². The first-order valence-electron chi connectivity index (χ1n) is 10.0. The van der Waals surface area contributed by atoms with Crippen LogP contribution < -0.4 is 23.8 Å². The second-order valence-electron chi connectivity index (χ2n) is 7.05. The van der Waals surface area contributed by atoms with E-state index in [9.17, 15) is 23.4 Å². The number of rotatable bonds is 10. The molecule has 12 nitrogen and oxygen atoms in total. The highest BCUT2D eigenvalue weighted by Crippen LogP contribution is 2.52. The predicted octanol–water partition coefficient (Wildman–Crippen LogP) is 3.72. The summed E-state index contributed by atoms with van der Waals surface area (Å²) in [5, 5.41) is 24.3. The van der Waals surface area contributed by atoms with Crippen LogP contribution >= 0.6 is 34.9 Å². The van der Waals surface area contributed by atoms with Gasteiger partial charge in [0, 0.05) is 12.1 Å². The summed E-state index contributed by atoms with van der Waals surface area (Å²) in [7, 11) is -4.19. The first-order chi connectivity index (χ1) is 17.4. The van der Waals surface area contributed by atoms with Gasteiger partial charge in [-0.2, -0.15) is 12.1 Å². The van der Waals surface area contributed by atoms with E-state index < -0.39 is 21.7 Å². The van der Waals surface area contributed by atoms with Crippen molar-refractivity contribution in [3.8, 4) is 28.2 Å². The lowest BCUT2D eigenvalue weighted by Gasteiger charge is -2.22. The van der Waals surface area contributed by atoms with E-state index in [0.29, 0.717) is 17.3 Å². The molecule has 0 bridgehead atoms. The number of anilines is 1. The van der Waals surface area contributed by atoms with E-state index in [-0.39, 0.29) is 52.5 Å². The molecule has 36 heavy (non-hydrogen) atoms. The fourth-order valence-electron chi connectivity index (χ4n) is 3.27. The third kappa shape index (κ3) is 4.60. The second-order valence-corrected chi connectivity index (χ2v) is 11.8. The molecule has 0 saturated heterocycles. The number of hydrogen-bond acceptors (Lipinski definition) is 13. The lowest BCUT2D eigenvalue weighted by atomic mass is 10.1. The van der Waals surface area contributed by atoms with Crippen LogP contribution in [0, 0.1) is 0 Å². The van der Waals surface area contributed by atoms with Crippen LogP contribution in [0.25, 0.3) is 0 Å². The molecule has 1 aliphatic rings. The molecule has 190 valence electrons. The van der Waals surface area contributed by atoms with Gasteiger partial charge in [0.15, 0.2) is 30.0 Å². The minimum atomic E-state index is -4.19. The van der Waals surface area contributed by atoms with Crippen LogP contribution in [0.5, 0.6) is 28.2 Å². The molecule has 0 unspecified atom stereocenters. The highest BCUT2D eigenvalue weighted by Gasteiger charge is 2.36. The first kappa shape index (κ1) is 24.4. The molecular formula is C20H16N2O10S4. The Balaban J connectivity index is 1.53. The molecule has 1 aromatic carbocycles. The average molecular weight is 573 g/mol. The maximum atomic E-state index is 13.5. The molecule has 3 aromatic heterocycles. The normalized spacial score (nSPS) is 12.7.